The fourth-order valence-corrected chi connectivity index (χ4v) is 1.61. The van der Waals surface area contributed by atoms with E-state index in [1.165, 1.54) is 6.07 Å². The lowest BCUT2D eigenvalue weighted by atomic mass is 10.1. The Balaban J connectivity index is 2.84. The van der Waals surface area contributed by atoms with Gasteiger partial charge in [0, 0.05) is 17.0 Å². The van der Waals surface area contributed by atoms with Crippen LogP contribution < -0.4 is 5.73 Å². The van der Waals surface area contributed by atoms with Crippen molar-refractivity contribution in [3.05, 3.63) is 33.6 Å². The molecule has 16 heavy (non-hydrogen) atoms. The van der Waals surface area contributed by atoms with E-state index in [4.69, 9.17) is 5.73 Å². The molecule has 0 spiro atoms. The Morgan fingerprint density at radius 1 is 1.31 bits per heavy atom. The number of nitrogen functional groups attached to an aromatic ring is 1. The van der Waals surface area contributed by atoms with Crippen molar-refractivity contribution in [3.63, 3.8) is 0 Å². The molecule has 0 atom stereocenters. The quantitative estimate of drug-likeness (QED) is 0.581. The fraction of sp³-hybridized carbons (Fsp3) is 0.200. The van der Waals surface area contributed by atoms with Crippen LogP contribution in [0.4, 0.5) is 11.5 Å². The third-order valence-electron chi connectivity index (χ3n) is 2.35. The molecule has 1 heterocycles. The molecule has 6 heteroatoms. The number of nitrogens with zero attached hydrogens (tertiary/aromatic N) is 3. The van der Waals surface area contributed by atoms with Crippen LogP contribution in [0, 0.1) is 24.0 Å². The first-order valence-electron chi connectivity index (χ1n) is 4.68. The Morgan fingerprint density at radius 3 is 2.62 bits per heavy atom. The molecule has 0 amide bonds. The topological polar surface area (TPSA) is 94.9 Å². The van der Waals surface area contributed by atoms with Crippen LogP contribution in [0.15, 0.2) is 12.1 Å². The highest BCUT2D eigenvalue weighted by Gasteiger charge is 2.14. The van der Waals surface area contributed by atoms with Crippen LogP contribution in [0.2, 0.25) is 0 Å². The van der Waals surface area contributed by atoms with Gasteiger partial charge in [-0.2, -0.15) is 0 Å². The summed E-state index contributed by atoms with van der Waals surface area (Å²) in [6.07, 6.45) is 0. The van der Waals surface area contributed by atoms with E-state index in [0.717, 1.165) is 0 Å². The number of aromatic nitrogens is 2. The SMILES string of the molecule is Cc1nc(N)c2cc([N+](=O)[O-])c(C)cc2n1. The Labute approximate surface area is 91.3 Å². The summed E-state index contributed by atoms with van der Waals surface area (Å²) in [5, 5.41) is 11.3. The molecule has 0 fully saturated rings. The van der Waals surface area contributed by atoms with Crippen LogP contribution in [0.5, 0.6) is 0 Å². The maximum absolute atomic E-state index is 10.8. The lowest BCUT2D eigenvalue weighted by Gasteiger charge is -2.04. The van der Waals surface area contributed by atoms with Gasteiger partial charge in [-0.3, -0.25) is 10.1 Å². The molecule has 0 saturated heterocycles. The Bertz CT molecular complexity index is 595. The van der Waals surface area contributed by atoms with E-state index >= 15 is 0 Å². The van der Waals surface area contributed by atoms with Gasteiger partial charge in [0.05, 0.1) is 10.4 Å². The van der Waals surface area contributed by atoms with Crippen molar-refractivity contribution in [1.29, 1.82) is 0 Å². The number of nitrogens with two attached hydrogens (primary N) is 1. The number of anilines is 1. The second-order valence-corrected chi connectivity index (χ2v) is 3.57. The highest BCUT2D eigenvalue weighted by molar-refractivity contribution is 5.90. The number of aryl methyl sites for hydroxylation is 2. The molecule has 2 rings (SSSR count). The summed E-state index contributed by atoms with van der Waals surface area (Å²) >= 11 is 0. The summed E-state index contributed by atoms with van der Waals surface area (Å²) < 4.78 is 0. The maximum atomic E-state index is 10.8. The third-order valence-corrected chi connectivity index (χ3v) is 2.35. The number of hydrogen-bond donors (Lipinski definition) is 1. The molecular weight excluding hydrogens is 208 g/mol. The van der Waals surface area contributed by atoms with Crippen LogP contribution in [-0.4, -0.2) is 14.9 Å². The molecule has 0 radical (unpaired) electrons. The van der Waals surface area contributed by atoms with E-state index in [2.05, 4.69) is 9.97 Å². The van der Waals surface area contributed by atoms with E-state index in [-0.39, 0.29) is 11.5 Å². The van der Waals surface area contributed by atoms with Crippen LogP contribution in [0.25, 0.3) is 10.9 Å². The third kappa shape index (κ3) is 1.54. The van der Waals surface area contributed by atoms with Crippen molar-refractivity contribution in [1.82, 2.24) is 9.97 Å². The molecule has 2 aromatic rings. The molecular formula is C10H10N4O2. The summed E-state index contributed by atoms with van der Waals surface area (Å²) in [4.78, 5) is 18.5. The monoisotopic (exact) mass is 218 g/mol. The minimum absolute atomic E-state index is 0.0339. The average Bonchev–Trinajstić information content (AvgIpc) is 2.15. The van der Waals surface area contributed by atoms with Crippen LogP contribution in [0.3, 0.4) is 0 Å². The van der Waals surface area contributed by atoms with Crippen molar-refractivity contribution < 1.29 is 4.92 Å². The standard InChI is InChI=1S/C10H10N4O2/c1-5-3-8-7(4-9(5)14(15)16)10(11)13-6(2)12-8/h3-4H,1-2H3,(H2,11,12,13). The first kappa shape index (κ1) is 10.3. The lowest BCUT2D eigenvalue weighted by molar-refractivity contribution is -0.385. The number of nitro groups is 1. The zero-order valence-corrected chi connectivity index (χ0v) is 8.89. The Hall–Kier alpha value is -2.24. The van der Waals surface area contributed by atoms with Gasteiger partial charge in [0.2, 0.25) is 0 Å². The largest absolute Gasteiger partial charge is 0.383 e. The molecule has 0 aliphatic heterocycles. The molecule has 82 valence electrons. The van der Waals surface area contributed by atoms with Gasteiger partial charge in [-0.15, -0.1) is 0 Å². The highest BCUT2D eigenvalue weighted by atomic mass is 16.6. The highest BCUT2D eigenvalue weighted by Crippen LogP contribution is 2.26. The molecule has 1 aromatic carbocycles. The molecule has 2 N–H and O–H groups in total. The summed E-state index contributed by atoms with van der Waals surface area (Å²) in [7, 11) is 0. The smallest absolute Gasteiger partial charge is 0.273 e. The molecule has 0 unspecified atom stereocenters. The minimum Gasteiger partial charge on any atom is -0.383 e. The molecule has 6 nitrogen and oxygen atoms in total. The first-order chi connectivity index (χ1) is 7.49. The zero-order chi connectivity index (χ0) is 11.9. The number of rotatable bonds is 1. The van der Waals surface area contributed by atoms with E-state index in [1.807, 2.05) is 0 Å². The van der Waals surface area contributed by atoms with Crippen molar-refractivity contribution in [2.45, 2.75) is 13.8 Å². The number of fused-ring (bicyclic) bond motifs is 1. The molecule has 0 aliphatic rings. The molecule has 0 aliphatic carbocycles. The van der Waals surface area contributed by atoms with Crippen LogP contribution in [-0.2, 0) is 0 Å². The Kier molecular flexibility index (Phi) is 2.19. The summed E-state index contributed by atoms with van der Waals surface area (Å²) in [6, 6.07) is 3.07. The van der Waals surface area contributed by atoms with Gasteiger partial charge in [0.1, 0.15) is 11.6 Å². The summed E-state index contributed by atoms with van der Waals surface area (Å²) in [6.45, 7) is 3.40. The lowest BCUT2D eigenvalue weighted by Crippen LogP contribution is -1.99. The van der Waals surface area contributed by atoms with E-state index < -0.39 is 4.92 Å². The second-order valence-electron chi connectivity index (χ2n) is 3.57. The van der Waals surface area contributed by atoms with Gasteiger partial charge in [-0.05, 0) is 19.9 Å². The van der Waals surface area contributed by atoms with E-state index in [9.17, 15) is 10.1 Å². The number of benzene rings is 1. The van der Waals surface area contributed by atoms with Gasteiger partial charge in [-0.1, -0.05) is 0 Å². The summed E-state index contributed by atoms with van der Waals surface area (Å²) in [5.74, 6) is 0.823. The second kappa shape index (κ2) is 3.41. The molecule has 1 aromatic heterocycles. The summed E-state index contributed by atoms with van der Waals surface area (Å²) in [5.41, 5.74) is 6.93. The van der Waals surface area contributed by atoms with Crippen molar-refractivity contribution >= 4 is 22.4 Å². The maximum Gasteiger partial charge on any atom is 0.273 e. The van der Waals surface area contributed by atoms with E-state index in [0.29, 0.717) is 22.3 Å². The Morgan fingerprint density at radius 2 is 2.00 bits per heavy atom. The fourth-order valence-electron chi connectivity index (χ4n) is 1.61. The normalized spacial score (nSPS) is 10.6. The van der Waals surface area contributed by atoms with Gasteiger partial charge in [-0.25, -0.2) is 9.97 Å². The van der Waals surface area contributed by atoms with Crippen molar-refractivity contribution in [2.24, 2.45) is 0 Å². The first-order valence-corrected chi connectivity index (χ1v) is 4.68. The van der Waals surface area contributed by atoms with Gasteiger partial charge < -0.3 is 5.73 Å². The molecule has 0 bridgehead atoms. The van der Waals surface area contributed by atoms with Gasteiger partial charge >= 0.3 is 0 Å². The predicted octanol–water partition coefficient (Wildman–Crippen LogP) is 1.74. The molecule has 0 saturated carbocycles. The van der Waals surface area contributed by atoms with Crippen molar-refractivity contribution in [2.75, 3.05) is 5.73 Å². The predicted molar refractivity (Wildman–Crippen MR) is 60.1 cm³/mol. The van der Waals surface area contributed by atoms with E-state index in [1.54, 1.807) is 19.9 Å². The van der Waals surface area contributed by atoms with Gasteiger partial charge in [0.15, 0.2) is 0 Å². The number of nitro benzene ring substituents is 1. The minimum atomic E-state index is -0.436. The number of hydrogen-bond acceptors (Lipinski definition) is 5. The van der Waals surface area contributed by atoms with Crippen LogP contribution >= 0.6 is 0 Å². The van der Waals surface area contributed by atoms with Crippen LogP contribution in [0.1, 0.15) is 11.4 Å². The average molecular weight is 218 g/mol. The van der Waals surface area contributed by atoms with Crippen molar-refractivity contribution in [3.8, 4) is 0 Å². The zero-order valence-electron chi connectivity index (χ0n) is 8.89. The van der Waals surface area contributed by atoms with Gasteiger partial charge in [0.25, 0.3) is 5.69 Å².